The Bertz CT molecular complexity index is 194. The van der Waals surface area contributed by atoms with E-state index in [1.807, 2.05) is 13.8 Å². The predicted octanol–water partition coefficient (Wildman–Crippen LogP) is 1.08. The zero-order chi connectivity index (χ0) is 11.4. The smallest absolute Gasteiger partial charge is 0.325 e. The maximum atomic E-state index is 11.3. The van der Waals surface area contributed by atoms with E-state index >= 15 is 0 Å². The number of rotatable bonds is 5. The molecule has 4 heteroatoms. The van der Waals surface area contributed by atoms with Crippen LogP contribution in [0.1, 0.15) is 34.1 Å². The third kappa shape index (κ3) is 5.19. The molecule has 0 saturated carbocycles. The van der Waals surface area contributed by atoms with Gasteiger partial charge in [-0.15, -0.1) is 0 Å². The van der Waals surface area contributed by atoms with Gasteiger partial charge >= 0.3 is 5.97 Å². The van der Waals surface area contributed by atoms with E-state index in [1.54, 1.807) is 21.0 Å². The highest BCUT2D eigenvalue weighted by molar-refractivity contribution is 5.79. The van der Waals surface area contributed by atoms with E-state index in [4.69, 9.17) is 15.2 Å². The third-order valence-electron chi connectivity index (χ3n) is 2.02. The molecule has 0 rings (SSSR count). The number of hydrogen-bond donors (Lipinski definition) is 1. The topological polar surface area (TPSA) is 61.5 Å². The van der Waals surface area contributed by atoms with Crippen LogP contribution >= 0.6 is 0 Å². The Morgan fingerprint density at radius 3 is 2.14 bits per heavy atom. The van der Waals surface area contributed by atoms with E-state index in [1.165, 1.54) is 0 Å². The van der Waals surface area contributed by atoms with E-state index in [-0.39, 0.29) is 11.6 Å². The SMILES string of the molecule is COC(C)(C)CCOC(=O)C(C)(C)N. The minimum absolute atomic E-state index is 0.265. The largest absolute Gasteiger partial charge is 0.464 e. The summed E-state index contributed by atoms with van der Waals surface area (Å²) in [6.45, 7) is 7.46. The second kappa shape index (κ2) is 4.75. The molecule has 0 aromatic heterocycles. The molecule has 0 aliphatic rings. The molecule has 0 atom stereocenters. The summed E-state index contributed by atoms with van der Waals surface area (Å²) in [6, 6.07) is 0. The van der Waals surface area contributed by atoms with Gasteiger partial charge in [0.2, 0.25) is 0 Å². The fourth-order valence-corrected chi connectivity index (χ4v) is 0.678. The van der Waals surface area contributed by atoms with Gasteiger partial charge in [-0.2, -0.15) is 0 Å². The quantitative estimate of drug-likeness (QED) is 0.679. The van der Waals surface area contributed by atoms with Gasteiger partial charge in [-0.05, 0) is 27.7 Å². The molecule has 0 aliphatic heterocycles. The van der Waals surface area contributed by atoms with Crippen LogP contribution in [0, 0.1) is 0 Å². The average molecular weight is 203 g/mol. The van der Waals surface area contributed by atoms with Crippen molar-refractivity contribution in [2.45, 2.75) is 45.3 Å². The third-order valence-corrected chi connectivity index (χ3v) is 2.02. The molecule has 0 fully saturated rings. The Morgan fingerprint density at radius 1 is 1.29 bits per heavy atom. The second-order valence-corrected chi connectivity index (χ2v) is 4.57. The Labute approximate surface area is 85.8 Å². The highest BCUT2D eigenvalue weighted by Gasteiger charge is 2.24. The molecule has 0 radical (unpaired) electrons. The van der Waals surface area contributed by atoms with E-state index < -0.39 is 5.54 Å². The van der Waals surface area contributed by atoms with Crippen LogP contribution in [-0.2, 0) is 14.3 Å². The van der Waals surface area contributed by atoms with Crippen molar-refractivity contribution in [1.82, 2.24) is 0 Å². The number of nitrogens with two attached hydrogens (primary N) is 1. The molecule has 4 nitrogen and oxygen atoms in total. The molecule has 0 saturated heterocycles. The van der Waals surface area contributed by atoms with Crippen molar-refractivity contribution in [3.8, 4) is 0 Å². The second-order valence-electron chi connectivity index (χ2n) is 4.57. The highest BCUT2D eigenvalue weighted by atomic mass is 16.5. The molecule has 0 amide bonds. The molecular formula is C10H21NO3. The van der Waals surface area contributed by atoms with Gasteiger partial charge in [0.1, 0.15) is 5.54 Å². The number of carbonyl (C=O) groups is 1. The van der Waals surface area contributed by atoms with E-state index in [9.17, 15) is 4.79 Å². The summed E-state index contributed by atoms with van der Waals surface area (Å²) in [7, 11) is 1.63. The van der Waals surface area contributed by atoms with Gasteiger partial charge in [0, 0.05) is 13.5 Å². The van der Waals surface area contributed by atoms with Crippen molar-refractivity contribution in [2.24, 2.45) is 5.73 Å². The lowest BCUT2D eigenvalue weighted by Gasteiger charge is -2.23. The van der Waals surface area contributed by atoms with Crippen molar-refractivity contribution in [2.75, 3.05) is 13.7 Å². The van der Waals surface area contributed by atoms with Gasteiger partial charge in [-0.1, -0.05) is 0 Å². The fraction of sp³-hybridized carbons (Fsp3) is 0.900. The van der Waals surface area contributed by atoms with Crippen molar-refractivity contribution in [3.05, 3.63) is 0 Å². The summed E-state index contributed by atoms with van der Waals surface area (Å²) >= 11 is 0. The number of esters is 1. The van der Waals surface area contributed by atoms with Gasteiger partial charge in [-0.25, -0.2) is 0 Å². The fourth-order valence-electron chi connectivity index (χ4n) is 0.678. The minimum Gasteiger partial charge on any atom is -0.464 e. The lowest BCUT2D eigenvalue weighted by molar-refractivity contribution is -0.150. The number of hydrogen-bond acceptors (Lipinski definition) is 4. The molecule has 0 aromatic carbocycles. The first-order valence-corrected chi connectivity index (χ1v) is 4.70. The van der Waals surface area contributed by atoms with E-state index in [2.05, 4.69) is 0 Å². The normalized spacial score (nSPS) is 12.7. The van der Waals surface area contributed by atoms with Crippen LogP contribution in [0.25, 0.3) is 0 Å². The van der Waals surface area contributed by atoms with Gasteiger partial charge < -0.3 is 15.2 Å². The first-order valence-electron chi connectivity index (χ1n) is 4.70. The molecule has 0 spiro atoms. The van der Waals surface area contributed by atoms with Crippen molar-refractivity contribution in [1.29, 1.82) is 0 Å². The zero-order valence-electron chi connectivity index (χ0n) is 9.72. The van der Waals surface area contributed by atoms with Gasteiger partial charge in [-0.3, -0.25) is 4.79 Å². The summed E-state index contributed by atoms with van der Waals surface area (Å²) in [5.74, 6) is -0.385. The van der Waals surface area contributed by atoms with E-state index in [0.717, 1.165) is 0 Å². The summed E-state index contributed by atoms with van der Waals surface area (Å²) < 4.78 is 10.2. The molecule has 0 heterocycles. The summed E-state index contributed by atoms with van der Waals surface area (Å²) in [5, 5.41) is 0. The highest BCUT2D eigenvalue weighted by Crippen LogP contribution is 2.13. The number of methoxy groups -OCH3 is 1. The molecule has 14 heavy (non-hydrogen) atoms. The summed E-state index contributed by atoms with van der Waals surface area (Å²) in [5.41, 5.74) is 4.37. The van der Waals surface area contributed by atoms with Crippen molar-refractivity contribution < 1.29 is 14.3 Å². The Balaban J connectivity index is 3.82. The molecular weight excluding hydrogens is 182 g/mol. The maximum absolute atomic E-state index is 11.3. The number of ether oxygens (including phenoxy) is 2. The maximum Gasteiger partial charge on any atom is 0.325 e. The van der Waals surface area contributed by atoms with Crippen LogP contribution in [0.15, 0.2) is 0 Å². The lowest BCUT2D eigenvalue weighted by atomic mass is 10.1. The van der Waals surface area contributed by atoms with Crippen LogP contribution < -0.4 is 5.73 Å². The first-order chi connectivity index (χ1) is 6.19. The summed E-state index contributed by atoms with van der Waals surface area (Å²) in [4.78, 5) is 11.3. The average Bonchev–Trinajstić information content (AvgIpc) is 2.02. The molecule has 0 aliphatic carbocycles. The van der Waals surface area contributed by atoms with Crippen LogP contribution in [0.2, 0.25) is 0 Å². The van der Waals surface area contributed by atoms with Crippen molar-refractivity contribution >= 4 is 5.97 Å². The molecule has 84 valence electrons. The Kier molecular flexibility index (Phi) is 4.55. The molecule has 0 aromatic rings. The van der Waals surface area contributed by atoms with Crippen LogP contribution in [0.5, 0.6) is 0 Å². The lowest BCUT2D eigenvalue weighted by Crippen LogP contribution is -2.43. The first kappa shape index (κ1) is 13.4. The van der Waals surface area contributed by atoms with Crippen molar-refractivity contribution in [3.63, 3.8) is 0 Å². The summed E-state index contributed by atoms with van der Waals surface area (Å²) in [6.07, 6.45) is 0.658. The number of carbonyl (C=O) groups excluding carboxylic acids is 1. The predicted molar refractivity (Wildman–Crippen MR) is 54.9 cm³/mol. The van der Waals surface area contributed by atoms with E-state index in [0.29, 0.717) is 13.0 Å². The van der Waals surface area contributed by atoms with Crippen LogP contribution in [0.4, 0.5) is 0 Å². The van der Waals surface area contributed by atoms with Gasteiger partial charge in [0.05, 0.1) is 12.2 Å². The molecule has 0 bridgehead atoms. The monoisotopic (exact) mass is 203 g/mol. The van der Waals surface area contributed by atoms with Gasteiger partial charge in [0.25, 0.3) is 0 Å². The van der Waals surface area contributed by atoms with Crippen LogP contribution in [-0.4, -0.2) is 30.8 Å². The Hall–Kier alpha value is -0.610. The van der Waals surface area contributed by atoms with Crippen LogP contribution in [0.3, 0.4) is 0 Å². The standard InChI is InChI=1S/C10H21NO3/c1-9(2,13-5)6-7-14-8(12)10(3,4)11/h6-7,11H2,1-5H3. The minimum atomic E-state index is -0.919. The van der Waals surface area contributed by atoms with Gasteiger partial charge in [0.15, 0.2) is 0 Å². The zero-order valence-corrected chi connectivity index (χ0v) is 9.72. The molecule has 0 unspecified atom stereocenters. The Morgan fingerprint density at radius 2 is 1.79 bits per heavy atom. The molecule has 2 N–H and O–H groups in total.